The Hall–Kier alpha value is -3.06. The number of aliphatic hydroxyl groups is 2. The predicted octanol–water partition coefficient (Wildman–Crippen LogP) is 4.39. The van der Waals surface area contributed by atoms with Crippen molar-refractivity contribution in [3.63, 3.8) is 0 Å². The summed E-state index contributed by atoms with van der Waals surface area (Å²) in [6.45, 7) is 2.68. The van der Waals surface area contributed by atoms with Crippen molar-refractivity contribution in [1.29, 1.82) is 0 Å². The van der Waals surface area contributed by atoms with Gasteiger partial charge < -0.3 is 24.7 Å². The number of para-hydroxylation sites is 4. The van der Waals surface area contributed by atoms with Gasteiger partial charge in [0.15, 0.2) is 11.5 Å². The predicted molar refractivity (Wildman–Crippen MR) is 137 cm³/mol. The number of rotatable bonds is 13. The van der Waals surface area contributed by atoms with Gasteiger partial charge in [-0.2, -0.15) is 0 Å². The lowest BCUT2D eigenvalue weighted by Gasteiger charge is -2.25. The first kappa shape index (κ1) is 24.1. The second kappa shape index (κ2) is 11.9. The van der Waals surface area contributed by atoms with Crippen LogP contribution in [0.25, 0.3) is 21.8 Å². The van der Waals surface area contributed by atoms with Crippen LogP contribution in [0.5, 0.6) is 11.5 Å². The minimum atomic E-state index is -0.516. The molecule has 1 unspecified atom stereocenters. The highest BCUT2D eigenvalue weighted by atomic mass is 16.5. The minimum Gasteiger partial charge on any atom is -0.493 e. The maximum atomic E-state index is 11.0. The number of aliphatic hydroxyl groups excluding tert-OH is 2. The molecule has 6 nitrogen and oxygen atoms in total. The molecule has 0 saturated heterocycles. The molecular formula is C28H34N2O4. The van der Waals surface area contributed by atoms with Crippen LogP contribution < -0.4 is 9.47 Å². The maximum Gasteiger partial charge on any atom is 0.161 e. The van der Waals surface area contributed by atoms with Crippen molar-refractivity contribution >= 4 is 21.8 Å². The Morgan fingerprint density at radius 1 is 0.882 bits per heavy atom. The second-order valence-corrected chi connectivity index (χ2v) is 8.60. The number of benzene rings is 3. The lowest BCUT2D eigenvalue weighted by atomic mass is 10.0. The molecule has 0 aliphatic carbocycles. The number of methoxy groups -OCH3 is 1. The summed E-state index contributed by atoms with van der Waals surface area (Å²) in [5.74, 6) is 1.42. The van der Waals surface area contributed by atoms with Gasteiger partial charge in [0, 0.05) is 47.9 Å². The van der Waals surface area contributed by atoms with E-state index in [4.69, 9.17) is 9.47 Å². The SMILES string of the molecule is COc1ccccc1OCCN(CCCCO)CC(O)Cc1cccc2c1[nH]c1ccccc12. The average molecular weight is 463 g/mol. The molecule has 3 aromatic carbocycles. The number of nitrogens with zero attached hydrogens (tertiary/aromatic N) is 1. The zero-order valence-electron chi connectivity index (χ0n) is 19.7. The molecular weight excluding hydrogens is 428 g/mol. The van der Waals surface area contributed by atoms with Gasteiger partial charge in [-0.05, 0) is 43.1 Å². The van der Waals surface area contributed by atoms with Gasteiger partial charge in [0.25, 0.3) is 0 Å². The lowest BCUT2D eigenvalue weighted by Crippen LogP contribution is -2.37. The van der Waals surface area contributed by atoms with Crippen molar-refractivity contribution in [2.24, 2.45) is 0 Å². The fraction of sp³-hybridized carbons (Fsp3) is 0.357. The third-order valence-electron chi connectivity index (χ3n) is 6.17. The molecule has 0 bridgehead atoms. The third-order valence-corrected chi connectivity index (χ3v) is 6.17. The molecule has 0 amide bonds. The van der Waals surface area contributed by atoms with Crippen LogP contribution in [0, 0.1) is 0 Å². The van der Waals surface area contributed by atoms with Crippen molar-refractivity contribution in [2.75, 3.05) is 40.0 Å². The summed E-state index contributed by atoms with van der Waals surface area (Å²) in [6.07, 6.45) is 1.66. The molecule has 0 saturated carbocycles. The number of nitrogens with one attached hydrogen (secondary N) is 1. The Kier molecular flexibility index (Phi) is 8.41. The van der Waals surface area contributed by atoms with Gasteiger partial charge in [0.05, 0.1) is 13.2 Å². The highest BCUT2D eigenvalue weighted by Crippen LogP contribution is 2.28. The third kappa shape index (κ3) is 5.89. The minimum absolute atomic E-state index is 0.177. The van der Waals surface area contributed by atoms with Gasteiger partial charge in [0.2, 0.25) is 0 Å². The standard InChI is InChI=1S/C28H34N2O4/c1-33-26-13-4-5-14-27(26)34-18-16-30(15-6-7-17-31)20-22(32)19-21-9-8-11-24-23-10-2-3-12-25(23)29-28(21)24/h2-5,8-14,22,29,31-32H,6-7,15-20H2,1H3. The topological polar surface area (TPSA) is 78.0 Å². The fourth-order valence-electron chi connectivity index (χ4n) is 4.48. The van der Waals surface area contributed by atoms with Gasteiger partial charge in [-0.15, -0.1) is 0 Å². The van der Waals surface area contributed by atoms with E-state index in [1.54, 1.807) is 7.11 Å². The number of aromatic amines is 1. The van der Waals surface area contributed by atoms with E-state index in [9.17, 15) is 10.2 Å². The quantitative estimate of drug-likeness (QED) is 0.257. The van der Waals surface area contributed by atoms with Crippen molar-refractivity contribution < 1.29 is 19.7 Å². The van der Waals surface area contributed by atoms with E-state index in [-0.39, 0.29) is 6.61 Å². The van der Waals surface area contributed by atoms with E-state index in [1.165, 1.54) is 10.8 Å². The first-order chi connectivity index (χ1) is 16.7. The molecule has 3 N–H and O–H groups in total. The molecule has 1 atom stereocenters. The van der Waals surface area contributed by atoms with E-state index in [1.807, 2.05) is 30.3 Å². The molecule has 6 heteroatoms. The molecule has 0 radical (unpaired) electrons. The first-order valence-corrected chi connectivity index (χ1v) is 11.9. The fourth-order valence-corrected chi connectivity index (χ4v) is 4.48. The Balaban J connectivity index is 1.40. The van der Waals surface area contributed by atoms with Crippen LogP contribution in [-0.2, 0) is 6.42 Å². The van der Waals surface area contributed by atoms with Crippen molar-refractivity contribution in [3.05, 3.63) is 72.3 Å². The van der Waals surface area contributed by atoms with Gasteiger partial charge in [0.1, 0.15) is 6.61 Å². The van der Waals surface area contributed by atoms with Crippen LogP contribution in [0.15, 0.2) is 66.7 Å². The van der Waals surface area contributed by atoms with Crippen molar-refractivity contribution in [1.82, 2.24) is 9.88 Å². The molecule has 4 aromatic rings. The Morgan fingerprint density at radius 3 is 2.47 bits per heavy atom. The summed E-state index contributed by atoms with van der Waals surface area (Å²) in [6, 6.07) is 22.2. The van der Waals surface area contributed by atoms with E-state index in [0.29, 0.717) is 37.6 Å². The van der Waals surface area contributed by atoms with Crippen LogP contribution in [0.3, 0.4) is 0 Å². The normalized spacial score (nSPS) is 12.5. The molecule has 0 spiro atoms. The molecule has 1 heterocycles. The van der Waals surface area contributed by atoms with Crippen LogP contribution in [0.4, 0.5) is 0 Å². The molecule has 4 rings (SSSR count). The largest absolute Gasteiger partial charge is 0.493 e. The number of aromatic nitrogens is 1. The van der Waals surface area contributed by atoms with Gasteiger partial charge >= 0.3 is 0 Å². The van der Waals surface area contributed by atoms with Crippen LogP contribution in [0.1, 0.15) is 18.4 Å². The molecule has 1 aromatic heterocycles. The average Bonchev–Trinajstić information content (AvgIpc) is 3.24. The summed E-state index contributed by atoms with van der Waals surface area (Å²) in [4.78, 5) is 5.74. The number of ether oxygens (including phenoxy) is 2. The smallest absolute Gasteiger partial charge is 0.161 e. The highest BCUT2D eigenvalue weighted by Gasteiger charge is 2.16. The first-order valence-electron chi connectivity index (χ1n) is 11.9. The second-order valence-electron chi connectivity index (χ2n) is 8.60. The van der Waals surface area contributed by atoms with Crippen molar-refractivity contribution in [2.45, 2.75) is 25.4 Å². The lowest BCUT2D eigenvalue weighted by molar-refractivity contribution is 0.100. The van der Waals surface area contributed by atoms with E-state index in [2.05, 4.69) is 46.3 Å². The number of fused-ring (bicyclic) bond motifs is 3. The van der Waals surface area contributed by atoms with E-state index < -0.39 is 6.10 Å². The van der Waals surface area contributed by atoms with Gasteiger partial charge in [-0.1, -0.05) is 48.5 Å². The zero-order valence-corrected chi connectivity index (χ0v) is 19.7. The Labute approximate surface area is 200 Å². The molecule has 0 aliphatic heterocycles. The maximum absolute atomic E-state index is 11.0. The monoisotopic (exact) mass is 462 g/mol. The van der Waals surface area contributed by atoms with Crippen LogP contribution in [0.2, 0.25) is 0 Å². The molecule has 180 valence electrons. The number of hydrogen-bond donors (Lipinski definition) is 3. The van der Waals surface area contributed by atoms with Crippen molar-refractivity contribution in [3.8, 4) is 11.5 Å². The molecule has 0 fully saturated rings. The number of unbranched alkanes of at least 4 members (excludes halogenated alkanes) is 1. The van der Waals surface area contributed by atoms with Crippen LogP contribution >= 0.6 is 0 Å². The summed E-state index contributed by atoms with van der Waals surface area (Å²) < 4.78 is 11.3. The van der Waals surface area contributed by atoms with E-state index >= 15 is 0 Å². The number of H-pyrrole nitrogens is 1. The zero-order chi connectivity index (χ0) is 23.8. The summed E-state index contributed by atoms with van der Waals surface area (Å²) in [5.41, 5.74) is 3.31. The molecule has 0 aliphatic rings. The molecule has 34 heavy (non-hydrogen) atoms. The van der Waals surface area contributed by atoms with Gasteiger partial charge in [-0.3, -0.25) is 4.90 Å². The highest BCUT2D eigenvalue weighted by molar-refractivity contribution is 6.08. The van der Waals surface area contributed by atoms with Crippen LogP contribution in [-0.4, -0.2) is 66.2 Å². The summed E-state index contributed by atoms with van der Waals surface area (Å²) in [7, 11) is 1.63. The Morgan fingerprint density at radius 2 is 1.65 bits per heavy atom. The van der Waals surface area contributed by atoms with E-state index in [0.717, 1.165) is 36.0 Å². The summed E-state index contributed by atoms with van der Waals surface area (Å²) >= 11 is 0. The Bertz CT molecular complexity index is 1190. The summed E-state index contributed by atoms with van der Waals surface area (Å²) in [5, 5.41) is 22.6. The number of hydrogen-bond acceptors (Lipinski definition) is 5. The van der Waals surface area contributed by atoms with Gasteiger partial charge in [-0.25, -0.2) is 0 Å².